The van der Waals surface area contributed by atoms with Gasteiger partial charge in [0.1, 0.15) is 18.1 Å². The molecule has 7 heteroatoms. The van der Waals surface area contributed by atoms with Crippen LogP contribution in [0.5, 0.6) is 17.5 Å². The van der Waals surface area contributed by atoms with Crippen molar-refractivity contribution in [3.63, 3.8) is 0 Å². The molecule has 0 saturated carbocycles. The zero-order valence-corrected chi connectivity index (χ0v) is 11.4. The second kappa shape index (κ2) is 5.28. The van der Waals surface area contributed by atoms with Crippen molar-refractivity contribution < 1.29 is 14.2 Å². The fraction of sp³-hybridized carbons (Fsp3) is 0.214. The van der Waals surface area contributed by atoms with Gasteiger partial charge in [-0.2, -0.15) is 4.98 Å². The van der Waals surface area contributed by atoms with Gasteiger partial charge in [0.25, 0.3) is 0 Å². The summed E-state index contributed by atoms with van der Waals surface area (Å²) in [5, 5.41) is 7.41. The third-order valence-electron chi connectivity index (χ3n) is 2.91. The van der Waals surface area contributed by atoms with Crippen LogP contribution >= 0.6 is 0 Å². The number of benzene rings is 1. The maximum absolute atomic E-state index is 7.41. The topological polar surface area (TPSA) is 103 Å². The molecular weight excluding hydrogens is 272 g/mol. The van der Waals surface area contributed by atoms with Crippen LogP contribution < -0.4 is 19.9 Å². The standard InChI is InChI=1S/C14H14N4O3/c1-8-4-10(13(15)16)18-14(17-8)19-6-9-2-3-11-12(5-9)21-7-20-11/h2-5H,6-7H2,1H3,(H3,15,16). The minimum absolute atomic E-state index is 0.117. The third-order valence-corrected chi connectivity index (χ3v) is 2.91. The highest BCUT2D eigenvalue weighted by Gasteiger charge is 2.13. The summed E-state index contributed by atoms with van der Waals surface area (Å²) < 4.78 is 16.1. The van der Waals surface area contributed by atoms with Crippen LogP contribution in [0.1, 0.15) is 17.0 Å². The second-order valence-electron chi connectivity index (χ2n) is 4.57. The van der Waals surface area contributed by atoms with Crippen LogP contribution in [-0.4, -0.2) is 22.6 Å². The van der Waals surface area contributed by atoms with Gasteiger partial charge in [0.2, 0.25) is 6.79 Å². The summed E-state index contributed by atoms with van der Waals surface area (Å²) in [6, 6.07) is 7.39. The lowest BCUT2D eigenvalue weighted by molar-refractivity contribution is 0.174. The average molecular weight is 286 g/mol. The second-order valence-corrected chi connectivity index (χ2v) is 4.57. The molecule has 7 nitrogen and oxygen atoms in total. The molecule has 3 N–H and O–H groups in total. The van der Waals surface area contributed by atoms with Crippen LogP contribution in [0.15, 0.2) is 24.3 Å². The molecule has 1 aliphatic rings. The van der Waals surface area contributed by atoms with E-state index in [1.54, 1.807) is 13.0 Å². The number of hydrogen-bond acceptors (Lipinski definition) is 6. The number of aryl methyl sites for hydroxylation is 1. The van der Waals surface area contributed by atoms with Gasteiger partial charge in [-0.25, -0.2) is 4.98 Å². The maximum Gasteiger partial charge on any atom is 0.317 e. The van der Waals surface area contributed by atoms with Gasteiger partial charge in [0.15, 0.2) is 11.5 Å². The molecule has 0 fully saturated rings. The number of fused-ring (bicyclic) bond motifs is 1. The van der Waals surface area contributed by atoms with Crippen molar-refractivity contribution in [1.82, 2.24) is 9.97 Å². The number of aromatic nitrogens is 2. The summed E-state index contributed by atoms with van der Waals surface area (Å²) in [5.74, 6) is 1.31. The number of nitrogens with one attached hydrogen (secondary N) is 1. The average Bonchev–Trinajstić information content (AvgIpc) is 2.92. The Balaban J connectivity index is 1.74. The number of nitrogen functional groups attached to an aromatic ring is 1. The number of nitrogens with zero attached hydrogens (tertiary/aromatic N) is 2. The number of hydrogen-bond donors (Lipinski definition) is 2. The molecular formula is C14H14N4O3. The highest BCUT2D eigenvalue weighted by Crippen LogP contribution is 2.32. The van der Waals surface area contributed by atoms with E-state index in [2.05, 4.69) is 9.97 Å². The van der Waals surface area contributed by atoms with Gasteiger partial charge in [-0.3, -0.25) is 5.41 Å². The predicted octanol–water partition coefficient (Wildman–Crippen LogP) is 1.38. The van der Waals surface area contributed by atoms with Gasteiger partial charge >= 0.3 is 6.01 Å². The Morgan fingerprint density at radius 1 is 1.29 bits per heavy atom. The van der Waals surface area contributed by atoms with E-state index in [1.165, 1.54) is 0 Å². The Kier molecular flexibility index (Phi) is 3.31. The molecule has 0 unspecified atom stereocenters. The summed E-state index contributed by atoms with van der Waals surface area (Å²) >= 11 is 0. The van der Waals surface area contributed by atoms with Crippen LogP contribution in [0.25, 0.3) is 0 Å². The van der Waals surface area contributed by atoms with Crippen LogP contribution in [-0.2, 0) is 6.61 Å². The van der Waals surface area contributed by atoms with Crippen LogP contribution in [0.4, 0.5) is 0 Å². The Bertz CT molecular complexity index is 703. The SMILES string of the molecule is Cc1cc(C(=N)N)nc(OCc2ccc3c(c2)OCO3)n1. The van der Waals surface area contributed by atoms with Crippen molar-refractivity contribution >= 4 is 5.84 Å². The zero-order valence-electron chi connectivity index (χ0n) is 11.4. The van der Waals surface area contributed by atoms with Gasteiger partial charge in [0.05, 0.1) is 0 Å². The van der Waals surface area contributed by atoms with Gasteiger partial charge in [0, 0.05) is 5.69 Å². The van der Waals surface area contributed by atoms with Crippen molar-refractivity contribution in [3.05, 3.63) is 41.2 Å². The first-order valence-corrected chi connectivity index (χ1v) is 6.33. The molecule has 2 heterocycles. The summed E-state index contributed by atoms with van der Waals surface area (Å²) in [6.45, 7) is 2.32. The fourth-order valence-corrected chi connectivity index (χ4v) is 1.92. The lowest BCUT2D eigenvalue weighted by Gasteiger charge is -2.07. The molecule has 0 aliphatic carbocycles. The van der Waals surface area contributed by atoms with Crippen LogP contribution in [0.2, 0.25) is 0 Å². The Morgan fingerprint density at radius 2 is 2.10 bits per heavy atom. The number of nitrogens with two attached hydrogens (primary N) is 1. The first-order chi connectivity index (χ1) is 10.1. The maximum atomic E-state index is 7.41. The molecule has 0 spiro atoms. The molecule has 21 heavy (non-hydrogen) atoms. The van der Waals surface area contributed by atoms with E-state index < -0.39 is 0 Å². The molecule has 108 valence electrons. The van der Waals surface area contributed by atoms with E-state index in [4.69, 9.17) is 25.4 Å². The monoisotopic (exact) mass is 286 g/mol. The molecule has 0 radical (unpaired) electrons. The minimum Gasteiger partial charge on any atom is -0.459 e. The molecule has 0 bridgehead atoms. The van der Waals surface area contributed by atoms with Crippen molar-refractivity contribution in [1.29, 1.82) is 5.41 Å². The number of amidine groups is 1. The van der Waals surface area contributed by atoms with Crippen molar-refractivity contribution in [3.8, 4) is 17.5 Å². The van der Waals surface area contributed by atoms with E-state index in [9.17, 15) is 0 Å². The molecule has 1 aliphatic heterocycles. The fourth-order valence-electron chi connectivity index (χ4n) is 1.92. The van der Waals surface area contributed by atoms with Gasteiger partial charge in [-0.15, -0.1) is 0 Å². The number of rotatable bonds is 4. The first-order valence-electron chi connectivity index (χ1n) is 6.33. The minimum atomic E-state index is -0.117. The largest absolute Gasteiger partial charge is 0.459 e. The third kappa shape index (κ3) is 2.86. The van der Waals surface area contributed by atoms with Crippen LogP contribution in [0, 0.1) is 12.3 Å². The quantitative estimate of drug-likeness (QED) is 0.650. The molecule has 0 atom stereocenters. The van der Waals surface area contributed by atoms with E-state index in [0.717, 1.165) is 11.3 Å². The van der Waals surface area contributed by atoms with E-state index in [1.807, 2.05) is 18.2 Å². The molecule has 2 aromatic rings. The molecule has 1 aromatic heterocycles. The highest BCUT2D eigenvalue weighted by atomic mass is 16.7. The summed E-state index contributed by atoms with van der Waals surface area (Å²) in [7, 11) is 0. The highest BCUT2D eigenvalue weighted by molar-refractivity contribution is 5.93. The molecule has 0 amide bonds. The predicted molar refractivity (Wildman–Crippen MR) is 74.7 cm³/mol. The smallest absolute Gasteiger partial charge is 0.317 e. The van der Waals surface area contributed by atoms with E-state index in [-0.39, 0.29) is 25.2 Å². The van der Waals surface area contributed by atoms with Crippen LogP contribution in [0.3, 0.4) is 0 Å². The Hall–Kier alpha value is -2.83. The summed E-state index contributed by atoms with van der Waals surface area (Å²) in [6.07, 6.45) is 0. The van der Waals surface area contributed by atoms with Crippen molar-refractivity contribution in [2.24, 2.45) is 5.73 Å². The molecule has 3 rings (SSSR count). The zero-order chi connectivity index (χ0) is 14.8. The van der Waals surface area contributed by atoms with Crippen molar-refractivity contribution in [2.75, 3.05) is 6.79 Å². The lowest BCUT2D eigenvalue weighted by atomic mass is 10.2. The Labute approximate surface area is 121 Å². The normalized spacial score (nSPS) is 12.2. The molecule has 1 aromatic carbocycles. The van der Waals surface area contributed by atoms with E-state index >= 15 is 0 Å². The first kappa shape index (κ1) is 13.2. The van der Waals surface area contributed by atoms with Crippen molar-refractivity contribution in [2.45, 2.75) is 13.5 Å². The number of ether oxygens (including phenoxy) is 3. The lowest BCUT2D eigenvalue weighted by Crippen LogP contribution is -2.15. The van der Waals surface area contributed by atoms with Gasteiger partial charge in [-0.1, -0.05) is 6.07 Å². The van der Waals surface area contributed by atoms with Gasteiger partial charge in [-0.05, 0) is 30.7 Å². The Morgan fingerprint density at radius 3 is 2.90 bits per heavy atom. The molecule has 0 saturated heterocycles. The summed E-state index contributed by atoms with van der Waals surface area (Å²) in [5.41, 5.74) is 7.38. The summed E-state index contributed by atoms with van der Waals surface area (Å²) in [4.78, 5) is 8.24. The van der Waals surface area contributed by atoms with E-state index in [0.29, 0.717) is 17.1 Å². The van der Waals surface area contributed by atoms with Gasteiger partial charge < -0.3 is 19.9 Å².